The lowest BCUT2D eigenvalue weighted by Gasteiger charge is -2.22. The molecule has 3 rings (SSSR count). The Labute approximate surface area is 130 Å². The topological polar surface area (TPSA) is 72.9 Å². The molecule has 1 aromatic heterocycles. The fourth-order valence-corrected chi connectivity index (χ4v) is 2.94. The van der Waals surface area contributed by atoms with Crippen molar-refractivity contribution in [3.63, 3.8) is 0 Å². The number of nitrogens with zero attached hydrogens (tertiary/aromatic N) is 2. The Morgan fingerprint density at radius 2 is 2.14 bits per heavy atom. The summed E-state index contributed by atoms with van der Waals surface area (Å²) in [6.45, 7) is 5.07. The largest absolute Gasteiger partial charge is 0.366 e. The van der Waals surface area contributed by atoms with Crippen molar-refractivity contribution in [2.45, 2.75) is 26.3 Å². The molecule has 114 valence electrons. The number of fused-ring (bicyclic) bond motifs is 1. The number of nitrogens with one attached hydrogen (secondary N) is 1. The van der Waals surface area contributed by atoms with E-state index in [1.54, 1.807) is 6.07 Å². The van der Waals surface area contributed by atoms with Gasteiger partial charge >= 0.3 is 0 Å². The smallest absolute Gasteiger partial charge is 0.248 e. The van der Waals surface area contributed by atoms with Crippen LogP contribution in [0.25, 0.3) is 10.9 Å². The zero-order valence-electron chi connectivity index (χ0n) is 12.1. The summed E-state index contributed by atoms with van der Waals surface area (Å²) in [5.41, 5.74) is 7.93. The maximum absolute atomic E-state index is 11.3. The van der Waals surface area contributed by atoms with E-state index in [4.69, 9.17) is 5.73 Å². The number of amides is 1. The molecule has 0 aliphatic carbocycles. The van der Waals surface area contributed by atoms with Crippen LogP contribution in [-0.2, 0) is 6.54 Å². The summed E-state index contributed by atoms with van der Waals surface area (Å²) in [4.78, 5) is 11.3. The molecule has 1 aliphatic rings. The van der Waals surface area contributed by atoms with E-state index in [-0.39, 0.29) is 18.3 Å². The lowest BCUT2D eigenvalue weighted by atomic mass is 9.98. The SMILES string of the molecule is Cc1nn(CC2CCNCC2)c2cc(C(N)=O)ccc12.Cl. The number of primary amides is 1. The standard InChI is InChI=1S/C15H20N4O.ClH/c1-10-13-3-2-12(15(16)20)8-14(13)19(18-10)9-11-4-6-17-7-5-11;/h2-3,8,11,17H,4-7,9H2,1H3,(H2,16,20);1H. The zero-order chi connectivity index (χ0) is 14.1. The Morgan fingerprint density at radius 3 is 2.81 bits per heavy atom. The van der Waals surface area contributed by atoms with Gasteiger partial charge in [-0.2, -0.15) is 5.10 Å². The number of aryl methyl sites for hydroxylation is 1. The predicted molar refractivity (Wildman–Crippen MR) is 85.8 cm³/mol. The number of rotatable bonds is 3. The van der Waals surface area contributed by atoms with Crippen molar-refractivity contribution >= 4 is 29.2 Å². The molecule has 2 heterocycles. The van der Waals surface area contributed by atoms with Crippen LogP contribution in [0.1, 0.15) is 28.9 Å². The van der Waals surface area contributed by atoms with Crippen molar-refractivity contribution in [3.05, 3.63) is 29.5 Å². The molecule has 0 bridgehead atoms. The van der Waals surface area contributed by atoms with Crippen molar-refractivity contribution in [1.82, 2.24) is 15.1 Å². The predicted octanol–water partition coefficient (Wildman–Crippen LogP) is 1.87. The fraction of sp³-hybridized carbons (Fsp3) is 0.467. The third-order valence-electron chi connectivity index (χ3n) is 4.11. The van der Waals surface area contributed by atoms with Gasteiger partial charge in [0.2, 0.25) is 5.91 Å². The molecule has 5 nitrogen and oxygen atoms in total. The van der Waals surface area contributed by atoms with Gasteiger partial charge in [0, 0.05) is 17.5 Å². The number of carbonyl (C=O) groups is 1. The zero-order valence-corrected chi connectivity index (χ0v) is 12.9. The molecular formula is C15H21ClN4O. The molecule has 0 saturated carbocycles. The normalized spacial score (nSPS) is 15.9. The van der Waals surface area contributed by atoms with E-state index >= 15 is 0 Å². The van der Waals surface area contributed by atoms with E-state index in [0.29, 0.717) is 11.5 Å². The third-order valence-corrected chi connectivity index (χ3v) is 4.11. The number of halogens is 1. The molecule has 1 saturated heterocycles. The highest BCUT2D eigenvalue weighted by molar-refractivity contribution is 5.97. The summed E-state index contributed by atoms with van der Waals surface area (Å²) in [5, 5.41) is 9.11. The molecule has 0 unspecified atom stereocenters. The van der Waals surface area contributed by atoms with Crippen LogP contribution in [0.3, 0.4) is 0 Å². The first-order valence-corrected chi connectivity index (χ1v) is 7.13. The summed E-state index contributed by atoms with van der Waals surface area (Å²) >= 11 is 0. The number of benzene rings is 1. The van der Waals surface area contributed by atoms with Gasteiger partial charge in [0.25, 0.3) is 0 Å². The summed E-state index contributed by atoms with van der Waals surface area (Å²) in [5.74, 6) is 0.259. The maximum atomic E-state index is 11.3. The summed E-state index contributed by atoms with van der Waals surface area (Å²) in [6, 6.07) is 5.57. The van der Waals surface area contributed by atoms with Gasteiger partial charge < -0.3 is 11.1 Å². The van der Waals surface area contributed by atoms with Crippen LogP contribution >= 0.6 is 12.4 Å². The van der Waals surface area contributed by atoms with Gasteiger partial charge in [-0.3, -0.25) is 9.48 Å². The first-order valence-electron chi connectivity index (χ1n) is 7.13. The lowest BCUT2D eigenvalue weighted by molar-refractivity contribution is 0.100. The monoisotopic (exact) mass is 308 g/mol. The number of nitrogens with two attached hydrogens (primary N) is 1. The maximum Gasteiger partial charge on any atom is 0.248 e. The molecule has 3 N–H and O–H groups in total. The molecular weight excluding hydrogens is 288 g/mol. The van der Waals surface area contributed by atoms with Gasteiger partial charge in [-0.05, 0) is 50.9 Å². The van der Waals surface area contributed by atoms with Gasteiger partial charge in [-0.25, -0.2) is 0 Å². The molecule has 2 aromatic rings. The minimum atomic E-state index is -0.390. The number of hydrogen-bond donors (Lipinski definition) is 2. The van der Waals surface area contributed by atoms with Crippen molar-refractivity contribution < 1.29 is 4.79 Å². The van der Waals surface area contributed by atoms with E-state index in [1.165, 1.54) is 12.8 Å². The molecule has 1 fully saturated rings. The first-order chi connectivity index (χ1) is 9.65. The summed E-state index contributed by atoms with van der Waals surface area (Å²) in [6.07, 6.45) is 2.35. The van der Waals surface area contributed by atoms with Crippen LogP contribution in [0.2, 0.25) is 0 Å². The molecule has 21 heavy (non-hydrogen) atoms. The molecule has 6 heteroatoms. The first kappa shape index (κ1) is 15.8. The summed E-state index contributed by atoms with van der Waals surface area (Å²) < 4.78 is 2.03. The Balaban J connectivity index is 0.00000161. The number of hydrogen-bond acceptors (Lipinski definition) is 3. The van der Waals surface area contributed by atoms with E-state index in [0.717, 1.165) is 36.2 Å². The highest BCUT2D eigenvalue weighted by Gasteiger charge is 2.17. The van der Waals surface area contributed by atoms with Crippen LogP contribution in [-0.4, -0.2) is 28.8 Å². The number of aromatic nitrogens is 2. The molecule has 1 aliphatic heterocycles. The number of carbonyl (C=O) groups excluding carboxylic acids is 1. The second kappa shape index (κ2) is 6.45. The second-order valence-corrected chi connectivity index (χ2v) is 5.56. The van der Waals surface area contributed by atoms with Crippen molar-refractivity contribution in [3.8, 4) is 0 Å². The van der Waals surface area contributed by atoms with Crippen molar-refractivity contribution in [1.29, 1.82) is 0 Å². The van der Waals surface area contributed by atoms with Crippen LogP contribution < -0.4 is 11.1 Å². The molecule has 0 spiro atoms. The van der Waals surface area contributed by atoms with Crippen LogP contribution in [0, 0.1) is 12.8 Å². The van der Waals surface area contributed by atoms with E-state index in [9.17, 15) is 4.79 Å². The van der Waals surface area contributed by atoms with Crippen LogP contribution in [0.4, 0.5) is 0 Å². The van der Waals surface area contributed by atoms with Gasteiger partial charge in [-0.1, -0.05) is 6.07 Å². The molecule has 1 amide bonds. The Hall–Kier alpha value is -1.59. The fourth-order valence-electron chi connectivity index (χ4n) is 2.94. The number of piperidine rings is 1. The average Bonchev–Trinajstić information content (AvgIpc) is 2.76. The third kappa shape index (κ3) is 3.19. The van der Waals surface area contributed by atoms with Gasteiger partial charge in [-0.15, -0.1) is 12.4 Å². The molecule has 0 atom stereocenters. The quantitative estimate of drug-likeness (QED) is 0.909. The second-order valence-electron chi connectivity index (χ2n) is 5.56. The van der Waals surface area contributed by atoms with Gasteiger partial charge in [0.1, 0.15) is 0 Å². The lowest BCUT2D eigenvalue weighted by Crippen LogP contribution is -2.30. The summed E-state index contributed by atoms with van der Waals surface area (Å²) in [7, 11) is 0. The molecule has 0 radical (unpaired) electrons. The Morgan fingerprint density at radius 1 is 1.43 bits per heavy atom. The van der Waals surface area contributed by atoms with Crippen LogP contribution in [0.15, 0.2) is 18.2 Å². The van der Waals surface area contributed by atoms with E-state index in [1.807, 2.05) is 23.7 Å². The van der Waals surface area contributed by atoms with Gasteiger partial charge in [0.05, 0.1) is 11.2 Å². The van der Waals surface area contributed by atoms with Crippen LogP contribution in [0.5, 0.6) is 0 Å². The Bertz CT molecular complexity index is 646. The van der Waals surface area contributed by atoms with Crippen molar-refractivity contribution in [2.24, 2.45) is 11.7 Å². The van der Waals surface area contributed by atoms with E-state index < -0.39 is 0 Å². The molecule has 1 aromatic carbocycles. The minimum absolute atomic E-state index is 0. The minimum Gasteiger partial charge on any atom is -0.366 e. The highest BCUT2D eigenvalue weighted by atomic mass is 35.5. The highest BCUT2D eigenvalue weighted by Crippen LogP contribution is 2.22. The van der Waals surface area contributed by atoms with Gasteiger partial charge in [0.15, 0.2) is 0 Å². The Kier molecular flexibility index (Phi) is 4.85. The van der Waals surface area contributed by atoms with E-state index in [2.05, 4.69) is 10.4 Å². The average molecular weight is 309 g/mol. The van der Waals surface area contributed by atoms with Crippen molar-refractivity contribution in [2.75, 3.05) is 13.1 Å².